The summed E-state index contributed by atoms with van der Waals surface area (Å²) in [4.78, 5) is 15.2. The Bertz CT molecular complexity index is 1310. The summed E-state index contributed by atoms with van der Waals surface area (Å²) < 4.78 is 42.3. The molecule has 0 spiro atoms. The van der Waals surface area contributed by atoms with Gasteiger partial charge in [0.2, 0.25) is 10.0 Å². The molecule has 1 aliphatic heterocycles. The Hall–Kier alpha value is -2.68. The third kappa shape index (κ3) is 4.62. The summed E-state index contributed by atoms with van der Waals surface area (Å²) in [5.41, 5.74) is 3.36. The molecule has 1 saturated heterocycles. The van der Waals surface area contributed by atoms with Crippen molar-refractivity contribution < 1.29 is 17.6 Å². The van der Waals surface area contributed by atoms with E-state index in [0.29, 0.717) is 35.1 Å². The van der Waals surface area contributed by atoms with E-state index < -0.39 is 15.3 Å². The van der Waals surface area contributed by atoms with Gasteiger partial charge in [0.1, 0.15) is 5.82 Å². The van der Waals surface area contributed by atoms with E-state index in [2.05, 4.69) is 0 Å². The van der Waals surface area contributed by atoms with Gasteiger partial charge in [0.15, 0.2) is 0 Å². The second-order valence-electron chi connectivity index (χ2n) is 8.64. The Morgan fingerprint density at radius 2 is 1.65 bits per heavy atom. The number of halogens is 2. The largest absolute Gasteiger partial charge is 0.336 e. The van der Waals surface area contributed by atoms with Crippen molar-refractivity contribution in [2.75, 3.05) is 26.2 Å². The second kappa shape index (κ2) is 9.52. The molecule has 0 bridgehead atoms. The molecule has 3 aromatic rings. The van der Waals surface area contributed by atoms with Gasteiger partial charge in [0.05, 0.1) is 16.5 Å². The lowest BCUT2D eigenvalue weighted by molar-refractivity contribution is 0.0697. The molecule has 1 amide bonds. The molecule has 9 heteroatoms. The van der Waals surface area contributed by atoms with Crippen molar-refractivity contribution in [3.63, 3.8) is 0 Å². The maximum Gasteiger partial charge on any atom is 0.255 e. The summed E-state index contributed by atoms with van der Waals surface area (Å²) in [6, 6.07) is 15.3. The molecule has 2 heterocycles. The van der Waals surface area contributed by atoms with Gasteiger partial charge >= 0.3 is 0 Å². The number of nitrogens with zero attached hydrogens (tertiary/aromatic N) is 3. The fraction of sp³-hybridized carbons (Fsp3) is 0.320. The van der Waals surface area contributed by atoms with Crippen molar-refractivity contribution in [1.82, 2.24) is 13.8 Å². The van der Waals surface area contributed by atoms with Crippen molar-refractivity contribution in [2.24, 2.45) is 0 Å². The molecule has 1 aliphatic rings. The van der Waals surface area contributed by atoms with Crippen LogP contribution in [0.5, 0.6) is 0 Å². The number of carbonyl (C=O) groups excluding carboxylic acids is 1. The topological polar surface area (TPSA) is 62.6 Å². The van der Waals surface area contributed by atoms with Crippen LogP contribution in [0.3, 0.4) is 0 Å². The number of carbonyl (C=O) groups is 1. The summed E-state index contributed by atoms with van der Waals surface area (Å²) in [6.07, 6.45) is 0. The third-order valence-corrected chi connectivity index (χ3v) is 8.69. The first-order chi connectivity index (χ1) is 16.1. The zero-order chi connectivity index (χ0) is 24.6. The Morgan fingerprint density at radius 3 is 2.24 bits per heavy atom. The minimum atomic E-state index is -3.36. The minimum absolute atomic E-state index is 0.176. The maximum absolute atomic E-state index is 14.1. The van der Waals surface area contributed by atoms with E-state index in [0.717, 1.165) is 11.3 Å². The van der Waals surface area contributed by atoms with Crippen LogP contribution in [0.25, 0.3) is 16.9 Å². The van der Waals surface area contributed by atoms with Gasteiger partial charge in [-0.2, -0.15) is 4.31 Å². The van der Waals surface area contributed by atoms with E-state index in [1.165, 1.54) is 16.4 Å². The lowest BCUT2D eigenvalue weighted by Crippen LogP contribution is -2.52. The summed E-state index contributed by atoms with van der Waals surface area (Å²) in [5.74, 6) is -0.549. The predicted molar refractivity (Wildman–Crippen MR) is 132 cm³/mol. The van der Waals surface area contributed by atoms with Gasteiger partial charge in [0.25, 0.3) is 5.91 Å². The molecule has 180 valence electrons. The number of rotatable bonds is 5. The van der Waals surface area contributed by atoms with E-state index in [-0.39, 0.29) is 24.8 Å². The van der Waals surface area contributed by atoms with Gasteiger partial charge in [-0.3, -0.25) is 4.79 Å². The SMILES string of the molecule is Cc1c(C(=O)N2CCN(S(=O)(=O)C(C)C)CC2)cc(-c2ccc(Cl)cc2)n1-c1cccc(F)c1. The molecule has 0 atom stereocenters. The van der Waals surface area contributed by atoms with Crippen LogP contribution in [0.15, 0.2) is 54.6 Å². The molecule has 1 fully saturated rings. The van der Waals surface area contributed by atoms with Gasteiger partial charge in [-0.1, -0.05) is 29.8 Å². The van der Waals surface area contributed by atoms with Crippen molar-refractivity contribution in [2.45, 2.75) is 26.0 Å². The lowest BCUT2D eigenvalue weighted by atomic mass is 10.1. The molecule has 2 aromatic carbocycles. The average Bonchev–Trinajstić information content (AvgIpc) is 3.16. The number of piperazine rings is 1. The Morgan fingerprint density at radius 1 is 1.00 bits per heavy atom. The van der Waals surface area contributed by atoms with Crippen LogP contribution in [0.1, 0.15) is 29.9 Å². The molecule has 4 rings (SSSR count). The van der Waals surface area contributed by atoms with Crippen molar-refractivity contribution in [1.29, 1.82) is 0 Å². The quantitative estimate of drug-likeness (QED) is 0.505. The number of amides is 1. The van der Waals surface area contributed by atoms with E-state index in [1.54, 1.807) is 43.0 Å². The summed E-state index contributed by atoms with van der Waals surface area (Å²) in [7, 11) is -3.36. The van der Waals surface area contributed by atoms with E-state index in [9.17, 15) is 17.6 Å². The Labute approximate surface area is 204 Å². The zero-order valence-corrected chi connectivity index (χ0v) is 20.9. The standard InChI is InChI=1S/C25H27ClFN3O3S/c1-17(2)34(32,33)29-13-11-28(12-14-29)25(31)23-16-24(19-7-9-20(26)10-8-19)30(18(23)3)22-6-4-5-21(27)15-22/h4-10,15-17H,11-14H2,1-3H3. The van der Waals surface area contributed by atoms with Crippen LogP contribution in [-0.2, 0) is 10.0 Å². The minimum Gasteiger partial charge on any atom is -0.336 e. The first-order valence-corrected chi connectivity index (χ1v) is 13.0. The third-order valence-electron chi connectivity index (χ3n) is 6.17. The highest BCUT2D eigenvalue weighted by Crippen LogP contribution is 2.31. The Balaban J connectivity index is 1.70. The number of aromatic nitrogens is 1. The number of hydrogen-bond acceptors (Lipinski definition) is 3. The highest BCUT2D eigenvalue weighted by Gasteiger charge is 2.32. The first kappa shape index (κ1) is 24.4. The molecule has 1 aromatic heterocycles. The molecule has 0 radical (unpaired) electrons. The van der Waals surface area contributed by atoms with Crippen LogP contribution < -0.4 is 0 Å². The first-order valence-electron chi connectivity index (χ1n) is 11.1. The van der Waals surface area contributed by atoms with Crippen molar-refractivity contribution in [3.05, 3.63) is 76.7 Å². The molecule has 0 unspecified atom stereocenters. The average molecular weight is 504 g/mol. The molecule has 0 aliphatic carbocycles. The second-order valence-corrected chi connectivity index (χ2v) is 11.6. The summed E-state index contributed by atoms with van der Waals surface area (Å²) in [6.45, 7) is 6.29. The van der Waals surface area contributed by atoms with E-state index in [1.807, 2.05) is 29.7 Å². The fourth-order valence-electron chi connectivity index (χ4n) is 4.22. The van der Waals surface area contributed by atoms with Gasteiger partial charge in [-0.05, 0) is 62.7 Å². The highest BCUT2D eigenvalue weighted by atomic mass is 35.5. The van der Waals surface area contributed by atoms with Crippen LogP contribution in [0.2, 0.25) is 5.02 Å². The molecule has 0 N–H and O–H groups in total. The normalized spacial score (nSPS) is 15.2. The zero-order valence-electron chi connectivity index (χ0n) is 19.3. The monoisotopic (exact) mass is 503 g/mol. The fourth-order valence-corrected chi connectivity index (χ4v) is 5.61. The van der Waals surface area contributed by atoms with E-state index >= 15 is 0 Å². The molecular formula is C25H27ClFN3O3S. The molecular weight excluding hydrogens is 477 g/mol. The number of benzene rings is 2. The maximum atomic E-state index is 14.1. The molecule has 34 heavy (non-hydrogen) atoms. The highest BCUT2D eigenvalue weighted by molar-refractivity contribution is 7.89. The number of hydrogen-bond donors (Lipinski definition) is 0. The molecule has 6 nitrogen and oxygen atoms in total. The van der Waals surface area contributed by atoms with Crippen molar-refractivity contribution >= 4 is 27.5 Å². The van der Waals surface area contributed by atoms with Crippen LogP contribution in [0.4, 0.5) is 4.39 Å². The van der Waals surface area contributed by atoms with Crippen molar-refractivity contribution in [3.8, 4) is 16.9 Å². The number of sulfonamides is 1. The smallest absolute Gasteiger partial charge is 0.255 e. The van der Waals surface area contributed by atoms with Gasteiger partial charge in [-0.25, -0.2) is 12.8 Å². The van der Waals surface area contributed by atoms with Gasteiger partial charge < -0.3 is 9.47 Å². The van der Waals surface area contributed by atoms with Crippen LogP contribution >= 0.6 is 11.6 Å². The summed E-state index contributed by atoms with van der Waals surface area (Å²) in [5, 5.41) is 0.0917. The van der Waals surface area contributed by atoms with Gasteiger partial charge in [-0.15, -0.1) is 0 Å². The Kier molecular flexibility index (Phi) is 6.85. The summed E-state index contributed by atoms with van der Waals surface area (Å²) >= 11 is 6.06. The lowest BCUT2D eigenvalue weighted by Gasteiger charge is -2.34. The van der Waals surface area contributed by atoms with Crippen LogP contribution in [-0.4, -0.2) is 59.5 Å². The van der Waals surface area contributed by atoms with Crippen LogP contribution in [0, 0.1) is 12.7 Å². The van der Waals surface area contributed by atoms with E-state index in [4.69, 9.17) is 11.6 Å². The molecule has 0 saturated carbocycles. The predicted octanol–water partition coefficient (Wildman–Crippen LogP) is 4.74. The van der Waals surface area contributed by atoms with Gasteiger partial charge in [0, 0.05) is 42.6 Å².